The van der Waals surface area contributed by atoms with Crippen molar-refractivity contribution in [2.45, 2.75) is 66.2 Å². The van der Waals surface area contributed by atoms with Crippen molar-refractivity contribution in [2.24, 2.45) is 0 Å². The predicted molar refractivity (Wildman–Crippen MR) is 84.4 cm³/mol. The number of nitrogens with zero attached hydrogens (tertiary/aromatic N) is 2. The van der Waals surface area contributed by atoms with E-state index in [0.717, 1.165) is 33.5 Å². The molecule has 20 heavy (non-hydrogen) atoms. The van der Waals surface area contributed by atoms with Crippen LogP contribution in [0.5, 0.6) is 0 Å². The molecule has 0 fully saturated rings. The first-order valence-corrected chi connectivity index (χ1v) is 7.25. The highest BCUT2D eigenvalue weighted by atomic mass is 14.7. The van der Waals surface area contributed by atoms with E-state index in [1.165, 1.54) is 0 Å². The van der Waals surface area contributed by atoms with E-state index in [-0.39, 0.29) is 17.8 Å². The molecule has 0 amide bonds. The Hall–Kier alpha value is -1.80. The second-order valence-electron chi connectivity index (χ2n) is 6.28. The van der Waals surface area contributed by atoms with Crippen LogP contribution in [-0.4, -0.2) is 0 Å². The summed E-state index contributed by atoms with van der Waals surface area (Å²) < 4.78 is 0. The van der Waals surface area contributed by atoms with Crippen molar-refractivity contribution >= 4 is 5.69 Å². The minimum Gasteiger partial charge on any atom is -0.238 e. The van der Waals surface area contributed by atoms with Gasteiger partial charge in [0.25, 0.3) is 0 Å². The van der Waals surface area contributed by atoms with E-state index in [4.69, 9.17) is 6.57 Å². The highest BCUT2D eigenvalue weighted by Crippen LogP contribution is 2.44. The lowest BCUT2D eigenvalue weighted by molar-refractivity contribution is 0.776. The van der Waals surface area contributed by atoms with Crippen molar-refractivity contribution in [1.82, 2.24) is 0 Å². The maximum atomic E-state index is 9.60. The van der Waals surface area contributed by atoms with Crippen LogP contribution >= 0.6 is 0 Å². The Morgan fingerprint density at radius 1 is 0.900 bits per heavy atom. The van der Waals surface area contributed by atoms with Gasteiger partial charge < -0.3 is 0 Å². The van der Waals surface area contributed by atoms with Crippen molar-refractivity contribution in [2.75, 3.05) is 0 Å². The van der Waals surface area contributed by atoms with E-state index in [9.17, 15) is 5.26 Å². The SMILES string of the molecule is [C-]#[N+]c1c(C(C)C)c(C)c(C#N)c(C(C)C)c1C(C)C. The van der Waals surface area contributed by atoms with Gasteiger partial charge in [0.15, 0.2) is 5.69 Å². The molecule has 0 saturated carbocycles. The molecule has 2 heteroatoms. The molecule has 0 aliphatic heterocycles. The lowest BCUT2D eigenvalue weighted by Crippen LogP contribution is -2.09. The summed E-state index contributed by atoms with van der Waals surface area (Å²) in [7, 11) is 0. The maximum Gasteiger partial charge on any atom is 0.194 e. The van der Waals surface area contributed by atoms with Gasteiger partial charge in [-0.25, -0.2) is 4.85 Å². The molecule has 1 aromatic rings. The quantitative estimate of drug-likeness (QED) is 0.638. The van der Waals surface area contributed by atoms with Crippen LogP contribution in [-0.2, 0) is 0 Å². The Labute approximate surface area is 123 Å². The number of benzene rings is 1. The predicted octanol–water partition coefficient (Wildman–Crippen LogP) is 5.79. The summed E-state index contributed by atoms with van der Waals surface area (Å²) in [6.45, 7) is 22.2. The molecule has 1 rings (SSSR count). The van der Waals surface area contributed by atoms with Crippen molar-refractivity contribution < 1.29 is 0 Å². The molecule has 0 bridgehead atoms. The third-order valence-corrected chi connectivity index (χ3v) is 3.80. The molecule has 0 aromatic heterocycles. The van der Waals surface area contributed by atoms with Gasteiger partial charge in [0.2, 0.25) is 0 Å². The molecule has 2 nitrogen and oxygen atoms in total. The normalized spacial score (nSPS) is 11.0. The van der Waals surface area contributed by atoms with Crippen LogP contribution in [0.4, 0.5) is 5.69 Å². The fourth-order valence-electron chi connectivity index (χ4n) is 3.08. The summed E-state index contributed by atoms with van der Waals surface area (Å²) >= 11 is 0. The van der Waals surface area contributed by atoms with Gasteiger partial charge in [0.1, 0.15) is 0 Å². The first kappa shape index (κ1) is 16.3. The van der Waals surface area contributed by atoms with Crippen LogP contribution < -0.4 is 0 Å². The Balaban J connectivity index is 4.03. The Kier molecular flexibility index (Phi) is 4.96. The Morgan fingerprint density at radius 3 is 1.65 bits per heavy atom. The summed E-state index contributed by atoms with van der Waals surface area (Å²) in [6, 6.07) is 2.38. The number of rotatable bonds is 3. The monoisotopic (exact) mass is 268 g/mol. The molecule has 0 unspecified atom stereocenters. The molecule has 0 heterocycles. The molecule has 0 radical (unpaired) electrons. The molecular weight excluding hydrogens is 244 g/mol. The van der Waals surface area contributed by atoms with Gasteiger partial charge in [-0.1, -0.05) is 41.5 Å². The van der Waals surface area contributed by atoms with Gasteiger partial charge in [-0.15, -0.1) is 0 Å². The second-order valence-corrected chi connectivity index (χ2v) is 6.28. The van der Waals surface area contributed by atoms with Crippen LogP contribution in [0.1, 0.15) is 87.1 Å². The lowest BCUT2D eigenvalue weighted by Gasteiger charge is -2.25. The zero-order valence-corrected chi connectivity index (χ0v) is 13.6. The highest BCUT2D eigenvalue weighted by molar-refractivity contribution is 5.71. The van der Waals surface area contributed by atoms with Crippen LogP contribution in [0.3, 0.4) is 0 Å². The molecule has 0 spiro atoms. The Morgan fingerprint density at radius 2 is 1.35 bits per heavy atom. The number of nitriles is 1. The molecule has 0 saturated heterocycles. The number of hydrogen-bond acceptors (Lipinski definition) is 1. The maximum absolute atomic E-state index is 9.60. The third-order valence-electron chi connectivity index (χ3n) is 3.80. The van der Waals surface area contributed by atoms with E-state index in [2.05, 4.69) is 52.5 Å². The topological polar surface area (TPSA) is 28.1 Å². The van der Waals surface area contributed by atoms with Crippen molar-refractivity contribution in [3.63, 3.8) is 0 Å². The van der Waals surface area contributed by atoms with Gasteiger partial charge in [-0.2, -0.15) is 5.26 Å². The standard InChI is InChI=1S/C18H24N2/c1-10(2)15-13(7)14(9-19)16(11(3)4)17(12(5)6)18(15)20-8/h10-12H,1-7H3. The van der Waals surface area contributed by atoms with Gasteiger partial charge >= 0.3 is 0 Å². The summed E-state index contributed by atoms with van der Waals surface area (Å²) in [4.78, 5) is 3.83. The second kappa shape index (κ2) is 6.10. The molecule has 0 atom stereocenters. The van der Waals surface area contributed by atoms with Gasteiger partial charge in [-0.3, -0.25) is 0 Å². The molecular formula is C18H24N2. The zero-order chi connectivity index (χ0) is 15.6. The zero-order valence-electron chi connectivity index (χ0n) is 13.6. The van der Waals surface area contributed by atoms with Gasteiger partial charge in [-0.05, 0) is 46.9 Å². The fraction of sp³-hybridized carbons (Fsp3) is 0.556. The van der Waals surface area contributed by atoms with E-state index in [1.807, 2.05) is 6.92 Å². The van der Waals surface area contributed by atoms with Gasteiger partial charge in [0, 0.05) is 0 Å². The first-order chi connectivity index (χ1) is 9.27. The van der Waals surface area contributed by atoms with E-state index < -0.39 is 0 Å². The minimum absolute atomic E-state index is 0.252. The van der Waals surface area contributed by atoms with Crippen molar-refractivity contribution in [1.29, 1.82) is 5.26 Å². The van der Waals surface area contributed by atoms with Crippen LogP contribution in [0, 0.1) is 24.8 Å². The van der Waals surface area contributed by atoms with Crippen LogP contribution in [0.25, 0.3) is 4.85 Å². The first-order valence-electron chi connectivity index (χ1n) is 7.25. The molecule has 0 N–H and O–H groups in total. The average Bonchev–Trinajstić information content (AvgIpc) is 2.35. The van der Waals surface area contributed by atoms with Crippen molar-refractivity contribution in [3.05, 3.63) is 39.2 Å². The summed E-state index contributed by atoms with van der Waals surface area (Å²) in [6.07, 6.45) is 0. The molecule has 0 aliphatic carbocycles. The average molecular weight is 268 g/mol. The largest absolute Gasteiger partial charge is 0.238 e. The van der Waals surface area contributed by atoms with E-state index >= 15 is 0 Å². The highest BCUT2D eigenvalue weighted by Gasteiger charge is 2.26. The summed E-state index contributed by atoms with van der Waals surface area (Å²) in [5.41, 5.74) is 5.72. The molecule has 0 aliphatic rings. The van der Waals surface area contributed by atoms with Gasteiger partial charge in [0.05, 0.1) is 18.2 Å². The number of hydrogen-bond donors (Lipinski definition) is 0. The van der Waals surface area contributed by atoms with E-state index in [1.54, 1.807) is 0 Å². The molecule has 1 aromatic carbocycles. The van der Waals surface area contributed by atoms with Crippen LogP contribution in [0.2, 0.25) is 0 Å². The summed E-state index contributed by atoms with van der Waals surface area (Å²) in [5.74, 6) is 0.758. The Bertz CT molecular complexity index is 594. The molecule has 106 valence electrons. The summed E-state index contributed by atoms with van der Waals surface area (Å²) in [5, 5.41) is 9.60. The van der Waals surface area contributed by atoms with E-state index in [0.29, 0.717) is 0 Å². The smallest absolute Gasteiger partial charge is 0.194 e. The van der Waals surface area contributed by atoms with Crippen LogP contribution in [0.15, 0.2) is 0 Å². The minimum atomic E-state index is 0.252. The lowest BCUT2D eigenvalue weighted by atomic mass is 9.79. The third kappa shape index (κ3) is 2.56. The fourth-order valence-corrected chi connectivity index (χ4v) is 3.08. The van der Waals surface area contributed by atoms with Crippen molar-refractivity contribution in [3.8, 4) is 6.07 Å².